The van der Waals surface area contributed by atoms with Crippen molar-refractivity contribution in [1.82, 2.24) is 10.2 Å². The van der Waals surface area contributed by atoms with Crippen LogP contribution < -0.4 is 10.1 Å². The molecular weight excluding hydrogens is 447 g/mol. The summed E-state index contributed by atoms with van der Waals surface area (Å²) in [4.78, 5) is 27.2. The average Bonchev–Trinajstić information content (AvgIpc) is 3.80. The molecule has 0 radical (unpaired) electrons. The lowest BCUT2D eigenvalue weighted by atomic mass is 9.87. The van der Waals surface area contributed by atoms with Crippen molar-refractivity contribution >= 4 is 11.8 Å². The molecule has 1 aliphatic heterocycles. The van der Waals surface area contributed by atoms with Gasteiger partial charge in [0.2, 0.25) is 5.91 Å². The zero-order valence-electron chi connectivity index (χ0n) is 19.3. The van der Waals surface area contributed by atoms with Crippen molar-refractivity contribution in [1.29, 1.82) is 0 Å². The van der Waals surface area contributed by atoms with Crippen LogP contribution in [0.4, 0.5) is 4.39 Å². The van der Waals surface area contributed by atoms with E-state index in [0.717, 1.165) is 48.8 Å². The van der Waals surface area contributed by atoms with Crippen LogP contribution in [0, 0.1) is 11.7 Å². The fourth-order valence-corrected chi connectivity index (χ4v) is 4.74. The third-order valence-corrected chi connectivity index (χ3v) is 6.90. The van der Waals surface area contributed by atoms with Crippen molar-refractivity contribution in [3.63, 3.8) is 0 Å². The molecule has 2 fully saturated rings. The van der Waals surface area contributed by atoms with E-state index >= 15 is 0 Å². The summed E-state index contributed by atoms with van der Waals surface area (Å²) in [6.07, 6.45) is 4.62. The summed E-state index contributed by atoms with van der Waals surface area (Å²) in [6, 6.07) is 15.7. The zero-order chi connectivity index (χ0) is 23.9. The number of fused-ring (bicyclic) bond motifs is 1. The Bertz CT molecular complexity index is 1280. The van der Waals surface area contributed by atoms with Crippen LogP contribution in [0.2, 0.25) is 0 Å². The molecule has 1 N–H and O–H groups in total. The van der Waals surface area contributed by atoms with E-state index in [1.807, 2.05) is 29.2 Å². The summed E-state index contributed by atoms with van der Waals surface area (Å²) in [5.74, 6) is 1.16. The fraction of sp³-hybridized carbons (Fsp3) is 0.357. The van der Waals surface area contributed by atoms with Gasteiger partial charge in [-0.3, -0.25) is 9.59 Å². The Kier molecular flexibility index (Phi) is 5.55. The van der Waals surface area contributed by atoms with E-state index in [0.29, 0.717) is 18.1 Å². The van der Waals surface area contributed by atoms with Crippen LogP contribution in [0.15, 0.2) is 59.0 Å². The molecule has 0 saturated heterocycles. The molecule has 1 atom stereocenters. The van der Waals surface area contributed by atoms with Crippen LogP contribution in [-0.2, 0) is 17.8 Å². The van der Waals surface area contributed by atoms with Crippen LogP contribution in [0.1, 0.15) is 64.7 Å². The second-order valence-electron chi connectivity index (χ2n) is 9.68. The minimum atomic E-state index is -0.354. The molecule has 2 heterocycles. The highest BCUT2D eigenvalue weighted by molar-refractivity contribution is 5.91. The molecule has 2 amide bonds. The standard InChI is InChI=1S/C28H27FN2O4/c29-20-3-1-2-19(14-20)26-24-15-22(9-6-17(24)12-13-31(26)28(33)18-4-5-18)34-16-23-10-11-25(35-23)27(32)30-21-7-8-21/h1-3,6,9-11,14-15,18,21,26H,4-5,7-8,12-13,16H2,(H,30,32). The van der Waals surface area contributed by atoms with Gasteiger partial charge in [0.25, 0.3) is 5.91 Å². The number of amides is 2. The predicted octanol–water partition coefficient (Wildman–Crippen LogP) is 4.77. The quantitative estimate of drug-likeness (QED) is 0.535. The van der Waals surface area contributed by atoms with Crippen molar-refractivity contribution < 1.29 is 23.1 Å². The number of ether oxygens (including phenoxy) is 1. The summed E-state index contributed by atoms with van der Waals surface area (Å²) in [5, 5.41) is 2.91. The molecular formula is C28H27FN2O4. The van der Waals surface area contributed by atoms with Gasteiger partial charge in [-0.05, 0) is 85.2 Å². The van der Waals surface area contributed by atoms with Gasteiger partial charge in [-0.15, -0.1) is 0 Å². The number of nitrogens with zero attached hydrogens (tertiary/aromatic N) is 1. The largest absolute Gasteiger partial charge is 0.486 e. The smallest absolute Gasteiger partial charge is 0.287 e. The molecule has 2 aliphatic carbocycles. The van der Waals surface area contributed by atoms with E-state index in [9.17, 15) is 14.0 Å². The normalized spacial score (nSPS) is 19.2. The van der Waals surface area contributed by atoms with Crippen molar-refractivity contribution in [3.05, 3.63) is 88.6 Å². The van der Waals surface area contributed by atoms with Gasteiger partial charge >= 0.3 is 0 Å². The summed E-state index contributed by atoms with van der Waals surface area (Å²) in [7, 11) is 0. The summed E-state index contributed by atoms with van der Waals surface area (Å²) in [5.41, 5.74) is 2.84. The van der Waals surface area contributed by atoms with Crippen LogP contribution >= 0.6 is 0 Å². The second-order valence-corrected chi connectivity index (χ2v) is 9.68. The summed E-state index contributed by atoms with van der Waals surface area (Å²) in [6.45, 7) is 0.784. The maximum absolute atomic E-state index is 14.2. The third-order valence-electron chi connectivity index (χ3n) is 6.90. The Morgan fingerprint density at radius 3 is 2.69 bits per heavy atom. The average molecular weight is 475 g/mol. The molecule has 0 bridgehead atoms. The molecule has 2 aromatic carbocycles. The van der Waals surface area contributed by atoms with Gasteiger partial charge in [0, 0.05) is 18.5 Å². The number of hydrogen-bond donors (Lipinski definition) is 1. The highest BCUT2D eigenvalue weighted by atomic mass is 19.1. The number of furan rings is 1. The number of nitrogens with one attached hydrogen (secondary N) is 1. The van der Waals surface area contributed by atoms with E-state index in [-0.39, 0.29) is 48.0 Å². The van der Waals surface area contributed by atoms with E-state index in [1.54, 1.807) is 18.2 Å². The van der Waals surface area contributed by atoms with Gasteiger partial charge in [0.1, 0.15) is 23.9 Å². The summed E-state index contributed by atoms with van der Waals surface area (Å²) < 4.78 is 25.8. The van der Waals surface area contributed by atoms with Crippen LogP contribution in [0.5, 0.6) is 5.75 Å². The van der Waals surface area contributed by atoms with Crippen LogP contribution in [0.3, 0.4) is 0 Å². The van der Waals surface area contributed by atoms with Crippen LogP contribution in [0.25, 0.3) is 0 Å². The highest BCUT2D eigenvalue weighted by Crippen LogP contribution is 2.41. The number of carbonyl (C=O) groups excluding carboxylic acids is 2. The van der Waals surface area contributed by atoms with Crippen molar-refractivity contribution in [2.45, 2.75) is 50.8 Å². The van der Waals surface area contributed by atoms with E-state index < -0.39 is 0 Å². The lowest BCUT2D eigenvalue weighted by Gasteiger charge is -2.38. The Hall–Kier alpha value is -3.61. The molecule has 2 saturated carbocycles. The van der Waals surface area contributed by atoms with Gasteiger partial charge < -0.3 is 19.4 Å². The molecule has 35 heavy (non-hydrogen) atoms. The Morgan fingerprint density at radius 2 is 1.91 bits per heavy atom. The van der Waals surface area contributed by atoms with Crippen molar-refractivity contribution in [3.8, 4) is 5.75 Å². The van der Waals surface area contributed by atoms with Gasteiger partial charge in [-0.25, -0.2) is 4.39 Å². The Morgan fingerprint density at radius 1 is 1.06 bits per heavy atom. The minimum absolute atomic E-state index is 0.0808. The molecule has 6 rings (SSSR count). The van der Waals surface area contributed by atoms with Crippen molar-refractivity contribution in [2.24, 2.45) is 5.92 Å². The maximum atomic E-state index is 14.2. The summed E-state index contributed by atoms with van der Waals surface area (Å²) >= 11 is 0. The first-order chi connectivity index (χ1) is 17.0. The predicted molar refractivity (Wildman–Crippen MR) is 126 cm³/mol. The van der Waals surface area contributed by atoms with Crippen molar-refractivity contribution in [2.75, 3.05) is 6.54 Å². The first kappa shape index (κ1) is 21.9. The number of hydrogen-bond acceptors (Lipinski definition) is 4. The van der Waals surface area contributed by atoms with Gasteiger partial charge in [-0.2, -0.15) is 0 Å². The molecule has 0 spiro atoms. The Labute approximate surface area is 203 Å². The van der Waals surface area contributed by atoms with E-state index in [4.69, 9.17) is 9.15 Å². The number of halogens is 1. The molecule has 3 aromatic rings. The van der Waals surface area contributed by atoms with Gasteiger partial charge in [0.05, 0.1) is 6.04 Å². The number of rotatable bonds is 7. The first-order valence-corrected chi connectivity index (χ1v) is 12.3. The van der Waals surface area contributed by atoms with Gasteiger partial charge in [-0.1, -0.05) is 18.2 Å². The van der Waals surface area contributed by atoms with Gasteiger partial charge in [0.15, 0.2) is 5.76 Å². The SMILES string of the molecule is O=C(NC1CC1)c1ccc(COc2ccc3c(c2)C(c2cccc(F)c2)N(C(=O)C2CC2)CC3)o1. The number of benzene rings is 2. The molecule has 180 valence electrons. The van der Waals surface area contributed by atoms with E-state index in [1.165, 1.54) is 12.1 Å². The lowest BCUT2D eigenvalue weighted by molar-refractivity contribution is -0.134. The maximum Gasteiger partial charge on any atom is 0.287 e. The zero-order valence-corrected chi connectivity index (χ0v) is 19.3. The first-order valence-electron chi connectivity index (χ1n) is 12.3. The molecule has 1 aromatic heterocycles. The third kappa shape index (κ3) is 4.67. The monoisotopic (exact) mass is 474 g/mol. The topological polar surface area (TPSA) is 71.8 Å². The fourth-order valence-electron chi connectivity index (χ4n) is 4.74. The Balaban J connectivity index is 1.24. The number of carbonyl (C=O) groups is 2. The minimum Gasteiger partial charge on any atom is -0.486 e. The molecule has 7 heteroatoms. The van der Waals surface area contributed by atoms with Crippen LogP contribution in [-0.4, -0.2) is 29.3 Å². The molecule has 6 nitrogen and oxygen atoms in total. The lowest BCUT2D eigenvalue weighted by Crippen LogP contribution is -2.41. The molecule has 3 aliphatic rings. The molecule has 1 unspecified atom stereocenters. The second kappa shape index (κ2) is 8.87. The highest BCUT2D eigenvalue weighted by Gasteiger charge is 2.39. The van der Waals surface area contributed by atoms with E-state index in [2.05, 4.69) is 5.32 Å².